The van der Waals surface area contributed by atoms with Crippen LogP contribution in [0.3, 0.4) is 0 Å². The summed E-state index contributed by atoms with van der Waals surface area (Å²) in [6, 6.07) is 0. The Labute approximate surface area is 111 Å². The third kappa shape index (κ3) is 2.67. The Balaban J connectivity index is 1.92. The molecule has 116 valence electrons. The van der Waals surface area contributed by atoms with Crippen molar-refractivity contribution in [3.05, 3.63) is 12.2 Å². The zero-order valence-electron chi connectivity index (χ0n) is 10.3. The summed E-state index contributed by atoms with van der Waals surface area (Å²) in [6.45, 7) is -2.03. The van der Waals surface area contributed by atoms with E-state index in [0.29, 0.717) is 12.3 Å². The number of fused-ring (bicyclic) bond motifs is 2. The topological polar surface area (TPSA) is 29.5 Å². The van der Waals surface area contributed by atoms with Gasteiger partial charge in [-0.25, -0.2) is 0 Å². The normalized spacial score (nSPS) is 30.2. The van der Waals surface area contributed by atoms with Gasteiger partial charge in [-0.1, -0.05) is 12.2 Å². The standard InChI is InChI=1S/C12H14F6O2/c13-11(14,15)10(19,12(16,17)18)6-20-5-9-4-7-1-2-8(9)3-7/h1-2,7-9,19H,3-6H2/t7-,8+,9-/m1/s1. The maximum atomic E-state index is 12.4. The summed E-state index contributed by atoms with van der Waals surface area (Å²) < 4.78 is 78.9. The van der Waals surface area contributed by atoms with E-state index in [-0.39, 0.29) is 18.4 Å². The van der Waals surface area contributed by atoms with Crippen LogP contribution >= 0.6 is 0 Å². The van der Waals surface area contributed by atoms with Gasteiger partial charge in [-0.15, -0.1) is 0 Å². The van der Waals surface area contributed by atoms with Gasteiger partial charge in [0.1, 0.15) is 0 Å². The molecular formula is C12H14F6O2. The van der Waals surface area contributed by atoms with Crippen molar-refractivity contribution in [2.24, 2.45) is 17.8 Å². The summed E-state index contributed by atoms with van der Waals surface area (Å²) in [7, 11) is 0. The smallest absolute Gasteiger partial charge is 0.377 e. The monoisotopic (exact) mass is 304 g/mol. The lowest BCUT2D eigenvalue weighted by Crippen LogP contribution is -2.60. The van der Waals surface area contributed by atoms with E-state index in [1.165, 1.54) is 0 Å². The number of rotatable bonds is 4. The molecule has 0 heterocycles. The fourth-order valence-electron chi connectivity index (χ4n) is 2.77. The lowest BCUT2D eigenvalue weighted by molar-refractivity contribution is -0.378. The van der Waals surface area contributed by atoms with Gasteiger partial charge in [0.15, 0.2) is 0 Å². The van der Waals surface area contributed by atoms with Crippen molar-refractivity contribution < 1.29 is 36.2 Å². The number of aliphatic hydroxyl groups is 1. The molecule has 3 atom stereocenters. The molecule has 0 aromatic heterocycles. The second kappa shape index (κ2) is 4.91. The van der Waals surface area contributed by atoms with Crippen molar-refractivity contribution in [3.8, 4) is 0 Å². The Morgan fingerprint density at radius 2 is 1.60 bits per heavy atom. The Morgan fingerprint density at radius 3 is 2.00 bits per heavy atom. The highest BCUT2D eigenvalue weighted by molar-refractivity contribution is 5.10. The first-order valence-electron chi connectivity index (χ1n) is 6.16. The lowest BCUT2D eigenvalue weighted by Gasteiger charge is -2.32. The Hall–Kier alpha value is -0.760. The van der Waals surface area contributed by atoms with E-state index < -0.39 is 24.6 Å². The predicted molar refractivity (Wildman–Crippen MR) is 56.7 cm³/mol. The van der Waals surface area contributed by atoms with Gasteiger partial charge in [-0.05, 0) is 30.6 Å². The molecule has 1 saturated carbocycles. The molecule has 2 rings (SSSR count). The summed E-state index contributed by atoms with van der Waals surface area (Å²) in [6.07, 6.45) is -6.14. The van der Waals surface area contributed by atoms with Crippen LogP contribution in [0.15, 0.2) is 12.2 Å². The van der Waals surface area contributed by atoms with Gasteiger partial charge in [0.25, 0.3) is 5.60 Å². The maximum Gasteiger partial charge on any atom is 0.428 e. The molecule has 0 amide bonds. The van der Waals surface area contributed by atoms with Gasteiger partial charge >= 0.3 is 12.4 Å². The number of allylic oxidation sites excluding steroid dienone is 2. The predicted octanol–water partition coefficient (Wildman–Crippen LogP) is 3.07. The summed E-state index contributed by atoms with van der Waals surface area (Å²) in [5.74, 6) is 0.429. The molecule has 20 heavy (non-hydrogen) atoms. The molecule has 2 bridgehead atoms. The average Bonchev–Trinajstić information content (AvgIpc) is 2.87. The van der Waals surface area contributed by atoms with Gasteiger partial charge in [0.05, 0.1) is 13.2 Å². The molecule has 0 unspecified atom stereocenters. The van der Waals surface area contributed by atoms with Gasteiger partial charge in [0.2, 0.25) is 0 Å². The molecule has 2 aliphatic rings. The molecule has 0 spiro atoms. The van der Waals surface area contributed by atoms with E-state index in [1.54, 1.807) is 0 Å². The van der Waals surface area contributed by atoms with Crippen molar-refractivity contribution in [1.82, 2.24) is 0 Å². The second-order valence-electron chi connectivity index (χ2n) is 5.41. The van der Waals surface area contributed by atoms with Crippen molar-refractivity contribution in [2.75, 3.05) is 13.2 Å². The van der Waals surface area contributed by atoms with E-state index in [2.05, 4.69) is 4.74 Å². The first-order chi connectivity index (χ1) is 9.04. The molecule has 0 aliphatic heterocycles. The molecule has 0 aromatic rings. The largest absolute Gasteiger partial charge is 0.428 e. The first-order valence-corrected chi connectivity index (χ1v) is 6.16. The second-order valence-corrected chi connectivity index (χ2v) is 5.41. The number of halogens is 6. The number of alkyl halides is 6. The molecule has 0 saturated heterocycles. The summed E-state index contributed by atoms with van der Waals surface area (Å²) in [5.41, 5.74) is -4.81. The Kier molecular flexibility index (Phi) is 3.83. The number of ether oxygens (including phenoxy) is 1. The van der Waals surface area contributed by atoms with Crippen LogP contribution in [-0.4, -0.2) is 36.3 Å². The van der Waals surface area contributed by atoms with E-state index in [1.807, 2.05) is 12.2 Å². The van der Waals surface area contributed by atoms with Crippen molar-refractivity contribution in [1.29, 1.82) is 0 Å². The number of hydrogen-bond donors (Lipinski definition) is 1. The van der Waals surface area contributed by atoms with E-state index in [4.69, 9.17) is 5.11 Å². The van der Waals surface area contributed by atoms with Crippen LogP contribution in [-0.2, 0) is 4.74 Å². The number of hydrogen-bond acceptors (Lipinski definition) is 2. The fourth-order valence-corrected chi connectivity index (χ4v) is 2.77. The van der Waals surface area contributed by atoms with Crippen LogP contribution < -0.4 is 0 Å². The summed E-state index contributed by atoms with van der Waals surface area (Å²) in [5, 5.41) is 8.90. The van der Waals surface area contributed by atoms with Gasteiger partial charge in [0, 0.05) is 0 Å². The molecule has 0 aromatic carbocycles. The van der Waals surface area contributed by atoms with E-state index in [9.17, 15) is 26.3 Å². The van der Waals surface area contributed by atoms with Crippen molar-refractivity contribution in [3.63, 3.8) is 0 Å². The highest BCUT2D eigenvalue weighted by Crippen LogP contribution is 2.45. The Bertz CT molecular complexity index is 372. The molecule has 1 fully saturated rings. The van der Waals surface area contributed by atoms with Crippen LogP contribution in [0.4, 0.5) is 26.3 Å². The average molecular weight is 304 g/mol. The molecule has 2 aliphatic carbocycles. The zero-order valence-corrected chi connectivity index (χ0v) is 10.3. The summed E-state index contributed by atoms with van der Waals surface area (Å²) in [4.78, 5) is 0. The third-order valence-corrected chi connectivity index (χ3v) is 4.00. The molecule has 2 nitrogen and oxygen atoms in total. The zero-order chi connectivity index (χ0) is 15.2. The highest BCUT2D eigenvalue weighted by Gasteiger charge is 2.70. The van der Waals surface area contributed by atoms with Gasteiger partial charge < -0.3 is 9.84 Å². The van der Waals surface area contributed by atoms with E-state index in [0.717, 1.165) is 6.42 Å². The Morgan fingerprint density at radius 1 is 1.00 bits per heavy atom. The molecular weight excluding hydrogens is 290 g/mol. The fraction of sp³-hybridized carbons (Fsp3) is 0.833. The maximum absolute atomic E-state index is 12.4. The third-order valence-electron chi connectivity index (χ3n) is 4.00. The lowest BCUT2D eigenvalue weighted by atomic mass is 9.94. The van der Waals surface area contributed by atoms with Crippen LogP contribution in [0, 0.1) is 17.8 Å². The quantitative estimate of drug-likeness (QED) is 0.639. The van der Waals surface area contributed by atoms with Gasteiger partial charge in [-0.2, -0.15) is 26.3 Å². The molecule has 1 N–H and O–H groups in total. The van der Waals surface area contributed by atoms with Crippen LogP contribution in [0.25, 0.3) is 0 Å². The minimum Gasteiger partial charge on any atom is -0.377 e. The minimum atomic E-state index is -5.82. The van der Waals surface area contributed by atoms with Crippen molar-refractivity contribution in [2.45, 2.75) is 30.8 Å². The SMILES string of the molecule is OC(COC[C@H]1C[C@@H]2C=C[C@H]1C2)(C(F)(F)F)C(F)(F)F. The van der Waals surface area contributed by atoms with Gasteiger partial charge in [-0.3, -0.25) is 0 Å². The van der Waals surface area contributed by atoms with Crippen LogP contribution in [0.1, 0.15) is 12.8 Å². The molecule has 8 heteroatoms. The molecule has 0 radical (unpaired) electrons. The van der Waals surface area contributed by atoms with E-state index >= 15 is 0 Å². The van der Waals surface area contributed by atoms with Crippen molar-refractivity contribution >= 4 is 0 Å². The minimum absolute atomic E-state index is 0.0734. The highest BCUT2D eigenvalue weighted by atomic mass is 19.4. The van der Waals surface area contributed by atoms with Crippen LogP contribution in [0.2, 0.25) is 0 Å². The first kappa shape index (κ1) is 15.6. The van der Waals surface area contributed by atoms with Crippen LogP contribution in [0.5, 0.6) is 0 Å². The summed E-state index contributed by atoms with van der Waals surface area (Å²) >= 11 is 0.